The molecule has 1 aliphatic rings. The van der Waals surface area contributed by atoms with Crippen LogP contribution in [0.5, 0.6) is 0 Å². The Morgan fingerprint density at radius 2 is 2.21 bits per heavy atom. The van der Waals surface area contributed by atoms with E-state index in [4.69, 9.17) is 5.73 Å². The van der Waals surface area contributed by atoms with Crippen molar-refractivity contribution in [2.45, 2.75) is 38.5 Å². The minimum atomic E-state index is -0.570. The zero-order chi connectivity index (χ0) is 13.9. The molecule has 5 heteroatoms. The number of hydrogen-bond donors (Lipinski definition) is 1. The Hall–Kier alpha value is -1.91. The van der Waals surface area contributed by atoms with Crippen LogP contribution in [0, 0.1) is 12.7 Å². The molecule has 0 spiro atoms. The number of pyridine rings is 1. The average Bonchev–Trinajstić information content (AvgIpc) is 2.76. The van der Waals surface area contributed by atoms with Gasteiger partial charge in [0.05, 0.1) is 22.8 Å². The molecule has 0 aliphatic heterocycles. The number of primary amides is 1. The molecular formula is C14H16FN3O. The van der Waals surface area contributed by atoms with E-state index in [0.29, 0.717) is 17.5 Å². The fourth-order valence-corrected chi connectivity index (χ4v) is 3.17. The van der Waals surface area contributed by atoms with Crippen molar-refractivity contribution in [3.05, 3.63) is 34.9 Å². The summed E-state index contributed by atoms with van der Waals surface area (Å²) in [6.07, 6.45) is 0.520. The van der Waals surface area contributed by atoms with Crippen LogP contribution in [0.25, 0.3) is 5.52 Å². The molecule has 1 amide bonds. The van der Waals surface area contributed by atoms with Crippen molar-refractivity contribution >= 4 is 11.4 Å². The number of aryl methyl sites for hydroxylation is 1. The van der Waals surface area contributed by atoms with Crippen LogP contribution in [0.3, 0.4) is 0 Å². The average molecular weight is 261 g/mol. The summed E-state index contributed by atoms with van der Waals surface area (Å²) < 4.78 is 16.1. The molecule has 2 aromatic heterocycles. The van der Waals surface area contributed by atoms with Gasteiger partial charge in [0.25, 0.3) is 0 Å². The lowest BCUT2D eigenvalue weighted by atomic mass is 9.89. The lowest BCUT2D eigenvalue weighted by Crippen LogP contribution is -2.21. The van der Waals surface area contributed by atoms with Gasteiger partial charge in [-0.2, -0.15) is 5.10 Å². The van der Waals surface area contributed by atoms with Crippen molar-refractivity contribution in [1.82, 2.24) is 9.61 Å². The molecule has 0 bridgehead atoms. The Morgan fingerprint density at radius 1 is 1.53 bits per heavy atom. The molecule has 4 nitrogen and oxygen atoms in total. The molecule has 19 heavy (non-hydrogen) atoms. The highest BCUT2D eigenvalue weighted by Crippen LogP contribution is 2.46. The molecule has 2 N–H and O–H groups in total. The maximum atomic E-state index is 14.3. The number of nitrogens with two attached hydrogens (primary N) is 1. The first-order valence-corrected chi connectivity index (χ1v) is 6.30. The monoisotopic (exact) mass is 261 g/mol. The fourth-order valence-electron chi connectivity index (χ4n) is 3.17. The Labute approximate surface area is 110 Å². The molecule has 0 fully saturated rings. The van der Waals surface area contributed by atoms with Crippen molar-refractivity contribution in [3.63, 3.8) is 0 Å². The number of aromatic nitrogens is 2. The van der Waals surface area contributed by atoms with E-state index in [1.807, 2.05) is 26.8 Å². The van der Waals surface area contributed by atoms with Gasteiger partial charge in [-0.05, 0) is 25.5 Å². The molecule has 2 aromatic rings. The largest absolute Gasteiger partial charge is 0.369 e. The van der Waals surface area contributed by atoms with E-state index < -0.39 is 11.8 Å². The lowest BCUT2D eigenvalue weighted by molar-refractivity contribution is -0.119. The highest BCUT2D eigenvalue weighted by Gasteiger charge is 2.44. The van der Waals surface area contributed by atoms with Gasteiger partial charge in [0, 0.05) is 11.0 Å². The Kier molecular flexibility index (Phi) is 2.27. The number of carbonyl (C=O) groups is 1. The van der Waals surface area contributed by atoms with Crippen molar-refractivity contribution < 1.29 is 9.18 Å². The van der Waals surface area contributed by atoms with Crippen LogP contribution in [0.15, 0.2) is 12.1 Å². The first-order valence-electron chi connectivity index (χ1n) is 6.30. The zero-order valence-electron chi connectivity index (χ0n) is 11.2. The molecule has 0 saturated carbocycles. The molecule has 0 radical (unpaired) electrons. The van der Waals surface area contributed by atoms with Crippen LogP contribution in [-0.4, -0.2) is 15.5 Å². The SMILES string of the molecule is Cc1cc2cc(F)c3c(n2n1)C(C)(C)CC3C(N)=O. The van der Waals surface area contributed by atoms with Crippen molar-refractivity contribution in [3.8, 4) is 0 Å². The predicted octanol–water partition coefficient (Wildman–Crippen LogP) is 2.03. The Morgan fingerprint density at radius 3 is 2.84 bits per heavy atom. The summed E-state index contributed by atoms with van der Waals surface area (Å²) in [5.74, 6) is -1.41. The molecule has 1 unspecified atom stereocenters. The van der Waals surface area contributed by atoms with Gasteiger partial charge >= 0.3 is 0 Å². The molecule has 0 aromatic carbocycles. The van der Waals surface area contributed by atoms with Gasteiger partial charge in [-0.25, -0.2) is 8.91 Å². The maximum Gasteiger partial charge on any atom is 0.225 e. The second-order valence-electron chi connectivity index (χ2n) is 5.92. The zero-order valence-corrected chi connectivity index (χ0v) is 11.2. The summed E-state index contributed by atoms with van der Waals surface area (Å²) in [5, 5.41) is 4.41. The van der Waals surface area contributed by atoms with E-state index in [9.17, 15) is 9.18 Å². The maximum absolute atomic E-state index is 14.3. The first-order chi connectivity index (χ1) is 8.81. The predicted molar refractivity (Wildman–Crippen MR) is 69.5 cm³/mol. The topological polar surface area (TPSA) is 60.4 Å². The number of hydrogen-bond acceptors (Lipinski definition) is 2. The third kappa shape index (κ3) is 1.57. The van der Waals surface area contributed by atoms with Gasteiger partial charge in [-0.15, -0.1) is 0 Å². The van der Waals surface area contributed by atoms with Gasteiger partial charge < -0.3 is 5.73 Å². The van der Waals surface area contributed by atoms with E-state index >= 15 is 0 Å². The van der Waals surface area contributed by atoms with Gasteiger partial charge in [-0.3, -0.25) is 4.79 Å². The minimum Gasteiger partial charge on any atom is -0.369 e. The van der Waals surface area contributed by atoms with Crippen molar-refractivity contribution in [1.29, 1.82) is 0 Å². The molecule has 1 atom stereocenters. The number of rotatable bonds is 1. The summed E-state index contributed by atoms with van der Waals surface area (Å²) in [6, 6.07) is 3.26. The first kappa shape index (κ1) is 12.1. The van der Waals surface area contributed by atoms with E-state index in [0.717, 1.165) is 11.4 Å². The number of nitrogens with zero attached hydrogens (tertiary/aromatic N) is 2. The Bertz CT molecular complexity index is 702. The van der Waals surface area contributed by atoms with Gasteiger partial charge in [0.2, 0.25) is 5.91 Å². The second-order valence-corrected chi connectivity index (χ2v) is 5.92. The van der Waals surface area contributed by atoms with Crippen molar-refractivity contribution in [2.24, 2.45) is 5.73 Å². The van der Waals surface area contributed by atoms with Crippen LogP contribution < -0.4 is 5.73 Å². The van der Waals surface area contributed by atoms with E-state index in [2.05, 4.69) is 5.10 Å². The summed E-state index contributed by atoms with van der Waals surface area (Å²) in [5.41, 5.74) is 7.80. The van der Waals surface area contributed by atoms with Gasteiger partial charge in [0.1, 0.15) is 5.82 Å². The minimum absolute atomic E-state index is 0.326. The highest BCUT2D eigenvalue weighted by atomic mass is 19.1. The number of amides is 1. The number of carbonyl (C=O) groups excluding carboxylic acids is 1. The molecular weight excluding hydrogens is 245 g/mol. The quantitative estimate of drug-likeness (QED) is 0.853. The summed E-state index contributed by atoms with van der Waals surface area (Å²) in [6.45, 7) is 5.85. The van der Waals surface area contributed by atoms with Crippen LogP contribution in [0.4, 0.5) is 4.39 Å². The standard InChI is InChI=1S/C14H16FN3O/c1-7-4-8-5-10(15)11-9(13(16)19)6-14(2,3)12(11)18(8)17-7/h4-5,9H,6H2,1-3H3,(H2,16,19). The Balaban J connectivity index is 2.42. The number of fused-ring (bicyclic) bond motifs is 3. The molecule has 3 rings (SSSR count). The van der Waals surface area contributed by atoms with Crippen LogP contribution in [0.1, 0.15) is 43.1 Å². The molecule has 2 heterocycles. The van der Waals surface area contributed by atoms with Gasteiger partial charge in [0.15, 0.2) is 0 Å². The van der Waals surface area contributed by atoms with Gasteiger partial charge in [-0.1, -0.05) is 13.8 Å². The van der Waals surface area contributed by atoms with Crippen LogP contribution in [-0.2, 0) is 10.2 Å². The molecule has 1 aliphatic carbocycles. The van der Waals surface area contributed by atoms with E-state index in [1.54, 1.807) is 4.52 Å². The second kappa shape index (κ2) is 3.56. The van der Waals surface area contributed by atoms with Crippen molar-refractivity contribution in [2.75, 3.05) is 0 Å². The summed E-state index contributed by atoms with van der Waals surface area (Å²) >= 11 is 0. The summed E-state index contributed by atoms with van der Waals surface area (Å²) in [4.78, 5) is 11.6. The molecule has 0 saturated heterocycles. The lowest BCUT2D eigenvalue weighted by Gasteiger charge is -2.19. The third-order valence-electron chi connectivity index (χ3n) is 3.91. The number of halogens is 1. The fraction of sp³-hybridized carbons (Fsp3) is 0.429. The van der Waals surface area contributed by atoms with Crippen LogP contribution in [0.2, 0.25) is 0 Å². The normalized spacial score (nSPS) is 20.7. The smallest absolute Gasteiger partial charge is 0.225 e. The van der Waals surface area contributed by atoms with E-state index in [-0.39, 0.29) is 11.2 Å². The highest BCUT2D eigenvalue weighted by molar-refractivity contribution is 5.84. The molecule has 100 valence electrons. The van der Waals surface area contributed by atoms with E-state index in [1.165, 1.54) is 6.07 Å². The third-order valence-corrected chi connectivity index (χ3v) is 3.91. The summed E-state index contributed by atoms with van der Waals surface area (Å²) in [7, 11) is 0. The van der Waals surface area contributed by atoms with Crippen LogP contribution >= 0.6 is 0 Å².